The second-order valence-corrected chi connectivity index (χ2v) is 19.0. The quantitative estimate of drug-likeness (QED) is 0.142. The third-order valence-electron chi connectivity index (χ3n) is 14.4. The van der Waals surface area contributed by atoms with E-state index in [1.54, 1.807) is 0 Å². The third-order valence-corrected chi connectivity index (χ3v) is 15.4. The van der Waals surface area contributed by atoms with Gasteiger partial charge in [-0.15, -0.1) is 0 Å². The molecule has 322 valence electrons. The van der Waals surface area contributed by atoms with Crippen molar-refractivity contribution in [1.29, 1.82) is 0 Å². The predicted octanol–water partition coefficient (Wildman–Crippen LogP) is 14.9. The van der Waals surface area contributed by atoms with Crippen LogP contribution in [0.4, 0.5) is 11.5 Å². The molecule has 0 radical (unpaired) electrons. The van der Waals surface area contributed by atoms with Gasteiger partial charge in [0.05, 0.1) is 0 Å². The molecular weight excluding hydrogens is 976 g/mol. The Morgan fingerprint density at radius 1 is 0.600 bits per heavy atom. The molecule has 2 saturated carbocycles. The molecule has 12 rings (SSSR count). The number of fused-ring (bicyclic) bond motifs is 5. The Bertz CT molecular complexity index is 3220. The number of pyridine rings is 1. The Hall–Kier alpha value is -6.55. The van der Waals surface area contributed by atoms with E-state index in [1.165, 1.54) is 78.3 Å². The summed E-state index contributed by atoms with van der Waals surface area (Å²) in [5.41, 5.74) is 15.0. The van der Waals surface area contributed by atoms with Gasteiger partial charge in [-0.1, -0.05) is 49.6 Å². The summed E-state index contributed by atoms with van der Waals surface area (Å²) in [5.74, 6) is 3.48. The first-order chi connectivity index (χ1) is 32.1. The minimum absolute atomic E-state index is 0.0180. The van der Waals surface area contributed by atoms with E-state index < -0.39 is 0 Å². The Balaban J connectivity index is 0.962. The summed E-state index contributed by atoms with van der Waals surface area (Å²) >= 11 is 2.50. The van der Waals surface area contributed by atoms with E-state index in [4.69, 9.17) is 9.72 Å². The van der Waals surface area contributed by atoms with Gasteiger partial charge in [-0.25, -0.2) is 0 Å². The van der Waals surface area contributed by atoms with E-state index in [0.29, 0.717) is 23.3 Å². The van der Waals surface area contributed by atoms with Crippen LogP contribution in [0, 0.1) is 28.8 Å². The summed E-state index contributed by atoms with van der Waals surface area (Å²) in [6.07, 6.45) is 10.7. The molecule has 2 fully saturated rings. The van der Waals surface area contributed by atoms with Crippen LogP contribution >= 0.6 is 0 Å². The molecule has 3 aliphatic rings. The van der Waals surface area contributed by atoms with Crippen molar-refractivity contribution in [3.05, 3.63) is 203 Å². The molecule has 0 saturated heterocycles. The second-order valence-electron chi connectivity index (χ2n) is 18.0. The van der Waals surface area contributed by atoms with Gasteiger partial charge in [-0.3, -0.25) is 0 Å². The van der Waals surface area contributed by atoms with Crippen molar-refractivity contribution < 1.29 is 24.1 Å². The van der Waals surface area contributed by atoms with Crippen LogP contribution in [0.2, 0.25) is 0 Å². The van der Waals surface area contributed by atoms with E-state index in [-0.39, 0.29) is 5.54 Å². The normalized spacial score (nSPS) is 17.4. The number of hydrogen-bond acceptors (Lipinski definition) is 3. The number of hydrogen-bond donors (Lipinski definition) is 0. The SMILES string of the molecule is Cc1cc(N2c3[c-]c(Oc4[c-]c(-n5[c](=[Pt])n(-c6c(-c7ccccc7)cccc6-c6ccccc6)c6ccccc65)ccc4)ccc3C3CCCC3C23CCCC3)ncc1-c1ccccc1. The second kappa shape index (κ2) is 16.5. The van der Waals surface area contributed by atoms with Gasteiger partial charge in [0.25, 0.3) is 0 Å². The molecule has 9 aromatic rings. The molecule has 1 spiro atoms. The van der Waals surface area contributed by atoms with Gasteiger partial charge < -0.3 is 0 Å². The molecule has 2 unspecified atom stereocenters. The van der Waals surface area contributed by atoms with Crippen molar-refractivity contribution in [2.24, 2.45) is 5.92 Å². The van der Waals surface area contributed by atoms with Gasteiger partial charge >= 0.3 is 308 Å². The standard InChI is InChI=1S/C59H48N4O.Pt/c1-41-36-57(60-39-52(41)44-22-9-4-10-23-44)63-56-38-47(32-33-51(56)50-28-17-29-53(50)59(63)34-13-14-35-59)64-46-25-15-24-45(37-46)61-40-62(55-31-12-11-30-54(55)61)58-48(42-18-5-2-6-19-42)26-16-27-49(58)43-20-7-3-8-21-43;/h2-12,15-16,18-27,30-33,36,39,50,53H,13-14,17,28-29,34-35H2,1H3;/q-2;. The van der Waals surface area contributed by atoms with Crippen LogP contribution in [0.3, 0.4) is 0 Å². The zero-order chi connectivity index (χ0) is 43.5. The fourth-order valence-corrected chi connectivity index (χ4v) is 12.7. The number of benzene rings is 7. The van der Waals surface area contributed by atoms with E-state index >= 15 is 0 Å². The van der Waals surface area contributed by atoms with E-state index in [0.717, 1.165) is 48.8 Å². The number of nitrogens with zero attached hydrogens (tertiary/aromatic N) is 4. The summed E-state index contributed by atoms with van der Waals surface area (Å²) < 4.78 is 12.6. The molecule has 0 bridgehead atoms. The zero-order valence-corrected chi connectivity index (χ0v) is 38.6. The fraction of sp³-hybridized carbons (Fsp3) is 0.186. The van der Waals surface area contributed by atoms with Crippen LogP contribution in [-0.2, 0) is 19.4 Å². The Kier molecular flexibility index (Phi) is 10.1. The van der Waals surface area contributed by atoms with Crippen molar-refractivity contribution in [3.8, 4) is 56.3 Å². The van der Waals surface area contributed by atoms with Crippen molar-refractivity contribution in [2.75, 3.05) is 4.90 Å². The number of imidazole rings is 1. The van der Waals surface area contributed by atoms with Crippen molar-refractivity contribution >= 4 is 22.5 Å². The van der Waals surface area contributed by atoms with Gasteiger partial charge in [0.2, 0.25) is 0 Å². The summed E-state index contributed by atoms with van der Waals surface area (Å²) in [6.45, 7) is 2.23. The van der Waals surface area contributed by atoms with Crippen molar-refractivity contribution in [3.63, 3.8) is 0 Å². The molecule has 6 heteroatoms. The summed E-state index contributed by atoms with van der Waals surface area (Å²) in [4.78, 5) is 7.90. The minimum atomic E-state index is 0.0180. The van der Waals surface area contributed by atoms with Crippen LogP contribution in [0.15, 0.2) is 176 Å². The molecule has 1 aliphatic heterocycles. The first kappa shape index (κ1) is 40.0. The molecule has 65 heavy (non-hydrogen) atoms. The smallest absolute Gasteiger partial charge is 0.0622 e. The summed E-state index contributed by atoms with van der Waals surface area (Å²) in [5, 5.41) is 0. The number of anilines is 2. The fourth-order valence-electron chi connectivity index (χ4n) is 11.7. The number of aromatic nitrogens is 3. The van der Waals surface area contributed by atoms with E-state index in [1.807, 2.05) is 6.07 Å². The molecule has 3 heterocycles. The maximum absolute atomic E-state index is 6.87. The summed E-state index contributed by atoms with van der Waals surface area (Å²) in [6, 6.07) is 68.0. The van der Waals surface area contributed by atoms with E-state index in [2.05, 4.69) is 222 Å². The van der Waals surface area contributed by atoms with Crippen molar-refractivity contribution in [2.45, 2.75) is 63.3 Å². The van der Waals surface area contributed by atoms with Gasteiger partial charge in [0.15, 0.2) is 0 Å². The molecule has 2 aromatic heterocycles. The Labute approximate surface area is 392 Å². The zero-order valence-electron chi connectivity index (χ0n) is 36.4. The van der Waals surface area contributed by atoms with Crippen LogP contribution in [0.25, 0.3) is 55.8 Å². The minimum Gasteiger partial charge on any atom is -0.0622 e. The van der Waals surface area contributed by atoms with Crippen LogP contribution in [0.1, 0.15) is 62.0 Å². The van der Waals surface area contributed by atoms with Gasteiger partial charge in [-0.2, -0.15) is 0 Å². The Morgan fingerprint density at radius 3 is 1.86 bits per heavy atom. The first-order valence-corrected chi connectivity index (χ1v) is 24.2. The molecule has 5 nitrogen and oxygen atoms in total. The van der Waals surface area contributed by atoms with Crippen LogP contribution in [-0.4, -0.2) is 19.7 Å². The maximum atomic E-state index is 6.87. The number of aryl methyl sites for hydroxylation is 1. The molecule has 2 aliphatic carbocycles. The van der Waals surface area contributed by atoms with Crippen LogP contribution in [0.5, 0.6) is 11.5 Å². The van der Waals surface area contributed by atoms with Gasteiger partial charge in [0.1, 0.15) is 0 Å². The van der Waals surface area contributed by atoms with E-state index in [9.17, 15) is 0 Å². The molecule has 7 aromatic carbocycles. The average Bonchev–Trinajstić information content (AvgIpc) is 4.11. The molecular formula is C59H48N4OPt-2. The van der Waals surface area contributed by atoms with Gasteiger partial charge in [0, 0.05) is 11.8 Å². The third kappa shape index (κ3) is 6.78. The molecule has 0 N–H and O–H groups in total. The number of rotatable bonds is 8. The monoisotopic (exact) mass is 1020 g/mol. The topological polar surface area (TPSA) is 35.2 Å². The number of para-hydroxylation sites is 3. The molecule has 0 amide bonds. The number of ether oxygens (including phenoxy) is 1. The van der Waals surface area contributed by atoms with Crippen LogP contribution < -0.4 is 9.64 Å². The predicted molar refractivity (Wildman–Crippen MR) is 259 cm³/mol. The molecule has 2 atom stereocenters. The van der Waals surface area contributed by atoms with Crippen molar-refractivity contribution in [1.82, 2.24) is 14.1 Å². The Morgan fingerprint density at radius 2 is 1.20 bits per heavy atom. The van der Waals surface area contributed by atoms with Gasteiger partial charge in [-0.05, 0) is 24.5 Å². The summed E-state index contributed by atoms with van der Waals surface area (Å²) in [7, 11) is 0. The first-order valence-electron chi connectivity index (χ1n) is 23.1. The average molecular weight is 1020 g/mol.